The highest BCUT2D eigenvalue weighted by Gasteiger charge is 2.23. The van der Waals surface area contributed by atoms with Crippen LogP contribution < -0.4 is 14.4 Å². The molecule has 0 radical (unpaired) electrons. The van der Waals surface area contributed by atoms with Gasteiger partial charge in [0.05, 0.1) is 17.8 Å². The fraction of sp³-hybridized carbons (Fsp3) is 0.316. The van der Waals surface area contributed by atoms with Crippen molar-refractivity contribution in [3.8, 4) is 11.5 Å². The van der Waals surface area contributed by atoms with Gasteiger partial charge in [-0.3, -0.25) is 4.79 Å². The molecule has 1 aliphatic heterocycles. The summed E-state index contributed by atoms with van der Waals surface area (Å²) in [5.41, 5.74) is 1.05. The minimum Gasteiger partial charge on any atom is -0.495 e. The molecule has 0 saturated carbocycles. The van der Waals surface area contributed by atoms with Crippen molar-refractivity contribution in [1.29, 1.82) is 0 Å². The largest absolute Gasteiger partial charge is 0.495 e. The molecule has 0 aromatic heterocycles. The van der Waals surface area contributed by atoms with Crippen molar-refractivity contribution >= 4 is 34.8 Å². The number of halogens is 2. The summed E-state index contributed by atoms with van der Waals surface area (Å²) in [7, 11) is 1.66. The second-order valence-corrected chi connectivity index (χ2v) is 6.75. The number of anilines is 1. The summed E-state index contributed by atoms with van der Waals surface area (Å²) in [4.78, 5) is 16.4. The van der Waals surface area contributed by atoms with Crippen molar-refractivity contribution in [3.63, 3.8) is 0 Å². The monoisotopic (exact) mass is 394 g/mol. The number of para-hydroxylation sites is 2. The van der Waals surface area contributed by atoms with Gasteiger partial charge in [-0.1, -0.05) is 35.3 Å². The summed E-state index contributed by atoms with van der Waals surface area (Å²) >= 11 is 12.0. The Bertz CT molecular complexity index is 777. The van der Waals surface area contributed by atoms with Gasteiger partial charge in [-0.25, -0.2) is 0 Å². The normalized spacial score (nSPS) is 14.3. The number of rotatable bonds is 5. The van der Waals surface area contributed by atoms with E-state index in [2.05, 4.69) is 4.90 Å². The van der Waals surface area contributed by atoms with Crippen LogP contribution in [0.5, 0.6) is 11.5 Å². The molecule has 1 saturated heterocycles. The average Bonchev–Trinajstić information content (AvgIpc) is 2.68. The van der Waals surface area contributed by atoms with E-state index in [1.54, 1.807) is 30.2 Å². The number of hydrogen-bond acceptors (Lipinski definition) is 4. The van der Waals surface area contributed by atoms with Crippen molar-refractivity contribution in [2.45, 2.75) is 0 Å². The molecule has 1 heterocycles. The van der Waals surface area contributed by atoms with Crippen LogP contribution in [0.25, 0.3) is 0 Å². The van der Waals surface area contributed by atoms with Crippen LogP contribution in [0.2, 0.25) is 10.0 Å². The molecule has 1 aliphatic rings. The van der Waals surface area contributed by atoms with Crippen LogP contribution >= 0.6 is 23.2 Å². The molecule has 2 aromatic rings. The fourth-order valence-electron chi connectivity index (χ4n) is 2.91. The van der Waals surface area contributed by atoms with E-state index < -0.39 is 0 Å². The Kier molecular flexibility index (Phi) is 6.12. The highest BCUT2D eigenvalue weighted by Crippen LogP contribution is 2.29. The van der Waals surface area contributed by atoms with Crippen LogP contribution in [0.1, 0.15) is 0 Å². The lowest BCUT2D eigenvalue weighted by Crippen LogP contribution is -2.50. The third-order valence-corrected chi connectivity index (χ3v) is 4.85. The number of methoxy groups -OCH3 is 1. The Hall–Kier alpha value is -2.11. The zero-order chi connectivity index (χ0) is 18.5. The Morgan fingerprint density at radius 1 is 1.04 bits per heavy atom. The Balaban J connectivity index is 1.54. The van der Waals surface area contributed by atoms with Crippen molar-refractivity contribution in [2.75, 3.05) is 44.8 Å². The molecular weight excluding hydrogens is 375 g/mol. The first kappa shape index (κ1) is 18.7. The predicted octanol–water partition coefficient (Wildman–Crippen LogP) is 3.73. The van der Waals surface area contributed by atoms with Gasteiger partial charge in [0.2, 0.25) is 0 Å². The molecule has 0 spiro atoms. The van der Waals surface area contributed by atoms with E-state index in [1.807, 2.05) is 24.3 Å². The SMILES string of the molecule is COc1ccccc1N1CCN(C(=O)COc2cc(Cl)ccc2Cl)CC1. The molecule has 0 unspecified atom stereocenters. The summed E-state index contributed by atoms with van der Waals surface area (Å²) < 4.78 is 11.0. The van der Waals surface area contributed by atoms with Gasteiger partial charge < -0.3 is 19.3 Å². The summed E-state index contributed by atoms with van der Waals surface area (Å²) in [5, 5.41) is 0.950. The Morgan fingerprint density at radius 3 is 2.50 bits per heavy atom. The molecule has 138 valence electrons. The quantitative estimate of drug-likeness (QED) is 0.774. The highest BCUT2D eigenvalue weighted by molar-refractivity contribution is 6.34. The van der Waals surface area contributed by atoms with E-state index >= 15 is 0 Å². The maximum atomic E-state index is 12.4. The van der Waals surface area contributed by atoms with Crippen molar-refractivity contribution in [2.24, 2.45) is 0 Å². The van der Waals surface area contributed by atoms with Gasteiger partial charge >= 0.3 is 0 Å². The lowest BCUT2D eigenvalue weighted by atomic mass is 10.2. The number of carbonyl (C=O) groups is 1. The summed E-state index contributed by atoms with van der Waals surface area (Å²) in [6.07, 6.45) is 0. The zero-order valence-electron chi connectivity index (χ0n) is 14.5. The summed E-state index contributed by atoms with van der Waals surface area (Å²) in [5.74, 6) is 1.19. The molecule has 1 fully saturated rings. The number of piperazine rings is 1. The lowest BCUT2D eigenvalue weighted by molar-refractivity contribution is -0.133. The van der Waals surface area contributed by atoms with Crippen LogP contribution in [0, 0.1) is 0 Å². The first-order chi connectivity index (χ1) is 12.6. The molecule has 7 heteroatoms. The number of carbonyl (C=O) groups excluding carboxylic acids is 1. The number of amides is 1. The Morgan fingerprint density at radius 2 is 1.77 bits per heavy atom. The van der Waals surface area contributed by atoms with Crippen molar-refractivity contribution in [3.05, 3.63) is 52.5 Å². The number of ether oxygens (including phenoxy) is 2. The Labute approximate surface area is 163 Å². The molecule has 26 heavy (non-hydrogen) atoms. The predicted molar refractivity (Wildman–Crippen MR) is 104 cm³/mol. The van der Waals surface area contributed by atoms with E-state index in [1.165, 1.54) is 0 Å². The van der Waals surface area contributed by atoms with Gasteiger partial charge in [-0.15, -0.1) is 0 Å². The molecule has 5 nitrogen and oxygen atoms in total. The van der Waals surface area contributed by atoms with Gasteiger partial charge in [0.1, 0.15) is 11.5 Å². The maximum absolute atomic E-state index is 12.4. The zero-order valence-corrected chi connectivity index (χ0v) is 16.0. The van der Waals surface area contributed by atoms with Crippen molar-refractivity contribution < 1.29 is 14.3 Å². The second kappa shape index (κ2) is 8.52. The maximum Gasteiger partial charge on any atom is 0.260 e. The van der Waals surface area contributed by atoms with Gasteiger partial charge in [0.15, 0.2) is 6.61 Å². The van der Waals surface area contributed by atoms with Gasteiger partial charge in [-0.05, 0) is 24.3 Å². The standard InChI is InChI=1S/C19H20Cl2N2O3/c1-25-17-5-3-2-4-16(17)22-8-10-23(11-9-22)19(24)13-26-18-12-14(20)6-7-15(18)21/h2-7,12H,8-11,13H2,1H3. The van der Waals surface area contributed by atoms with Crippen LogP contribution in [-0.2, 0) is 4.79 Å². The number of hydrogen-bond donors (Lipinski definition) is 0. The molecular formula is C19H20Cl2N2O3. The molecule has 0 atom stereocenters. The van der Waals surface area contributed by atoms with E-state index in [-0.39, 0.29) is 12.5 Å². The van der Waals surface area contributed by atoms with Gasteiger partial charge in [0, 0.05) is 37.3 Å². The van der Waals surface area contributed by atoms with E-state index in [0.717, 1.165) is 24.5 Å². The van der Waals surface area contributed by atoms with Crippen LogP contribution in [-0.4, -0.2) is 50.7 Å². The third kappa shape index (κ3) is 4.34. The van der Waals surface area contributed by atoms with E-state index in [9.17, 15) is 4.79 Å². The molecule has 3 rings (SSSR count). The minimum atomic E-state index is -0.0688. The van der Waals surface area contributed by atoms with Gasteiger partial charge in [-0.2, -0.15) is 0 Å². The van der Waals surface area contributed by atoms with E-state index in [0.29, 0.717) is 28.9 Å². The second-order valence-electron chi connectivity index (χ2n) is 5.90. The van der Waals surface area contributed by atoms with Crippen LogP contribution in [0.4, 0.5) is 5.69 Å². The smallest absolute Gasteiger partial charge is 0.260 e. The van der Waals surface area contributed by atoms with E-state index in [4.69, 9.17) is 32.7 Å². The minimum absolute atomic E-state index is 0.0608. The highest BCUT2D eigenvalue weighted by atomic mass is 35.5. The van der Waals surface area contributed by atoms with Crippen molar-refractivity contribution in [1.82, 2.24) is 4.90 Å². The van der Waals surface area contributed by atoms with Gasteiger partial charge in [0.25, 0.3) is 5.91 Å². The third-order valence-electron chi connectivity index (χ3n) is 4.30. The lowest BCUT2D eigenvalue weighted by Gasteiger charge is -2.36. The molecule has 1 amide bonds. The van der Waals surface area contributed by atoms with Crippen LogP contribution in [0.15, 0.2) is 42.5 Å². The fourth-order valence-corrected chi connectivity index (χ4v) is 3.24. The molecule has 0 aliphatic carbocycles. The summed E-state index contributed by atoms with van der Waals surface area (Å²) in [6.45, 7) is 2.68. The first-order valence-corrected chi connectivity index (χ1v) is 9.07. The topological polar surface area (TPSA) is 42.0 Å². The molecule has 2 aromatic carbocycles. The summed E-state index contributed by atoms with van der Waals surface area (Å²) in [6, 6.07) is 12.8. The molecule has 0 bridgehead atoms. The average molecular weight is 395 g/mol. The number of benzene rings is 2. The first-order valence-electron chi connectivity index (χ1n) is 8.32. The molecule has 0 N–H and O–H groups in total. The van der Waals surface area contributed by atoms with Crippen LogP contribution in [0.3, 0.4) is 0 Å². The number of nitrogens with zero attached hydrogens (tertiary/aromatic N) is 2.